The molecule has 170 valence electrons. The molecule has 3 aliphatic heterocycles. The van der Waals surface area contributed by atoms with Crippen LogP contribution in [0.2, 0.25) is 0 Å². The second-order valence-corrected chi connectivity index (χ2v) is 8.67. The van der Waals surface area contributed by atoms with Gasteiger partial charge in [-0.1, -0.05) is 0 Å². The van der Waals surface area contributed by atoms with E-state index in [1.165, 1.54) is 6.07 Å². The monoisotopic (exact) mass is 443 g/mol. The predicted octanol–water partition coefficient (Wildman–Crippen LogP) is 3.66. The van der Waals surface area contributed by atoms with Crippen LogP contribution in [-0.4, -0.2) is 58.1 Å². The van der Waals surface area contributed by atoms with Crippen molar-refractivity contribution < 1.29 is 18.3 Å². The van der Waals surface area contributed by atoms with Crippen LogP contribution < -0.4 is 5.32 Å². The summed E-state index contributed by atoms with van der Waals surface area (Å²) in [6, 6.07) is 3.13. The van der Waals surface area contributed by atoms with Gasteiger partial charge in [0.05, 0.1) is 18.3 Å². The molecule has 32 heavy (non-hydrogen) atoms. The molecule has 4 heterocycles. The minimum atomic E-state index is -0.492. The van der Waals surface area contributed by atoms with Gasteiger partial charge in [0.1, 0.15) is 11.6 Å². The summed E-state index contributed by atoms with van der Waals surface area (Å²) >= 11 is 0. The zero-order valence-electron chi connectivity index (χ0n) is 17.9. The fourth-order valence-corrected chi connectivity index (χ4v) is 4.83. The van der Waals surface area contributed by atoms with Crippen LogP contribution in [0.25, 0.3) is 0 Å². The Morgan fingerprint density at radius 2 is 2.00 bits per heavy atom. The van der Waals surface area contributed by atoms with Crippen molar-refractivity contribution in [3.63, 3.8) is 0 Å². The lowest BCUT2D eigenvalue weighted by Gasteiger charge is -2.34. The lowest BCUT2D eigenvalue weighted by molar-refractivity contribution is 0.0903. The number of nitrogens with one attached hydrogen (secondary N) is 1. The summed E-state index contributed by atoms with van der Waals surface area (Å²) in [6.07, 6.45) is 5.73. The first-order valence-corrected chi connectivity index (χ1v) is 11.3. The van der Waals surface area contributed by atoms with Crippen LogP contribution in [0.4, 0.5) is 19.5 Å². The second kappa shape index (κ2) is 8.97. The number of fused-ring (bicyclic) bond motifs is 1. The number of amides is 2. The Kier molecular flexibility index (Phi) is 5.91. The van der Waals surface area contributed by atoms with Gasteiger partial charge < -0.3 is 19.9 Å². The van der Waals surface area contributed by atoms with Crippen molar-refractivity contribution in [3.05, 3.63) is 52.9 Å². The summed E-state index contributed by atoms with van der Waals surface area (Å²) in [5, 5.41) is 3.38. The Bertz CT molecular complexity index is 998. The number of likely N-dealkylation sites (tertiary alicyclic amines) is 1. The molecule has 2 saturated heterocycles. The highest BCUT2D eigenvalue weighted by atomic mass is 19.1. The third kappa shape index (κ3) is 4.26. The highest BCUT2D eigenvalue weighted by molar-refractivity contribution is 5.75. The number of rotatable bonds is 3. The number of benzene rings is 1. The molecule has 7 nitrogen and oxygen atoms in total. The number of carbonyl (C=O) groups excluding carboxylic acids is 1. The number of halogens is 2. The summed E-state index contributed by atoms with van der Waals surface area (Å²) in [6.45, 7) is 2.93. The van der Waals surface area contributed by atoms with Gasteiger partial charge in [0.2, 0.25) is 5.95 Å². The van der Waals surface area contributed by atoms with Crippen LogP contribution in [0.15, 0.2) is 24.4 Å². The molecular formula is C23H27F2N5O2. The van der Waals surface area contributed by atoms with Crippen LogP contribution >= 0.6 is 0 Å². The molecule has 2 fully saturated rings. The van der Waals surface area contributed by atoms with Gasteiger partial charge in [-0.15, -0.1) is 0 Å². The van der Waals surface area contributed by atoms with Crippen molar-refractivity contribution in [1.29, 1.82) is 0 Å². The Morgan fingerprint density at radius 1 is 1.16 bits per heavy atom. The van der Waals surface area contributed by atoms with Crippen LogP contribution in [0, 0.1) is 11.6 Å². The van der Waals surface area contributed by atoms with E-state index in [0.29, 0.717) is 38.4 Å². The van der Waals surface area contributed by atoms with Gasteiger partial charge in [0.15, 0.2) is 0 Å². The van der Waals surface area contributed by atoms with Crippen LogP contribution in [-0.2, 0) is 17.7 Å². The van der Waals surface area contributed by atoms with Crippen LogP contribution in [0.3, 0.4) is 0 Å². The smallest absolute Gasteiger partial charge is 0.320 e. The molecule has 0 spiro atoms. The van der Waals surface area contributed by atoms with E-state index in [9.17, 15) is 13.6 Å². The van der Waals surface area contributed by atoms with Gasteiger partial charge in [-0.25, -0.2) is 23.5 Å². The lowest BCUT2D eigenvalue weighted by atomic mass is 10.0. The standard InChI is InChI=1S/C23H27F2N5O2/c24-16-3-4-19(25)18(12-16)21-2-1-8-30(21)23(31)29-9-5-15-13-26-22(28-20(15)14-29)27-17-6-10-32-11-7-17/h3-4,12-13,17,21H,1-2,5-11,14H2,(H,26,27,28)/t21-/m1/s1. The summed E-state index contributed by atoms with van der Waals surface area (Å²) < 4.78 is 33.5. The van der Waals surface area contributed by atoms with E-state index < -0.39 is 17.7 Å². The van der Waals surface area contributed by atoms with Gasteiger partial charge in [-0.05, 0) is 55.9 Å². The highest BCUT2D eigenvalue weighted by Gasteiger charge is 2.35. The van der Waals surface area contributed by atoms with E-state index >= 15 is 0 Å². The second-order valence-electron chi connectivity index (χ2n) is 8.67. The molecule has 1 N–H and O–H groups in total. The summed E-state index contributed by atoms with van der Waals surface area (Å²) in [4.78, 5) is 25.9. The van der Waals surface area contributed by atoms with Gasteiger partial charge in [0.25, 0.3) is 0 Å². The fourth-order valence-electron chi connectivity index (χ4n) is 4.83. The first-order chi connectivity index (χ1) is 15.6. The van der Waals surface area contributed by atoms with Crippen molar-refractivity contribution in [1.82, 2.24) is 19.8 Å². The minimum absolute atomic E-state index is 0.153. The molecule has 2 aromatic rings. The third-order valence-electron chi connectivity index (χ3n) is 6.59. The van der Waals surface area contributed by atoms with E-state index in [1.54, 1.807) is 9.80 Å². The van der Waals surface area contributed by atoms with E-state index in [2.05, 4.69) is 15.3 Å². The SMILES string of the molecule is O=C(N1CCc2cnc(NC3CCOCC3)nc2C1)N1CCC[C@@H]1c1cc(F)ccc1F. The molecule has 1 atom stereocenters. The first-order valence-electron chi connectivity index (χ1n) is 11.3. The number of anilines is 1. The van der Waals surface area contributed by atoms with Crippen molar-refractivity contribution in [2.24, 2.45) is 0 Å². The average molecular weight is 443 g/mol. The number of hydrogen-bond acceptors (Lipinski definition) is 5. The molecule has 0 saturated carbocycles. The van der Waals surface area contributed by atoms with Crippen molar-refractivity contribution in [2.75, 3.05) is 31.6 Å². The normalized spacial score (nSPS) is 21.5. The molecule has 9 heteroatoms. The Balaban J connectivity index is 1.30. The Labute approximate surface area is 185 Å². The van der Waals surface area contributed by atoms with Crippen molar-refractivity contribution in [2.45, 2.75) is 50.7 Å². The van der Waals surface area contributed by atoms with E-state index in [4.69, 9.17) is 4.74 Å². The number of aromatic nitrogens is 2. The number of nitrogens with zero attached hydrogens (tertiary/aromatic N) is 4. The quantitative estimate of drug-likeness (QED) is 0.784. The maximum atomic E-state index is 14.4. The van der Waals surface area contributed by atoms with E-state index in [-0.39, 0.29) is 17.6 Å². The average Bonchev–Trinajstić information content (AvgIpc) is 3.30. The number of urea groups is 1. The Hall–Kier alpha value is -2.81. The van der Waals surface area contributed by atoms with E-state index in [0.717, 1.165) is 55.9 Å². The fraction of sp³-hybridized carbons (Fsp3) is 0.522. The van der Waals surface area contributed by atoms with Crippen molar-refractivity contribution >= 4 is 12.0 Å². The third-order valence-corrected chi connectivity index (χ3v) is 6.59. The largest absolute Gasteiger partial charge is 0.381 e. The maximum absolute atomic E-state index is 14.4. The van der Waals surface area contributed by atoms with Gasteiger partial charge in [-0.3, -0.25) is 0 Å². The molecule has 0 radical (unpaired) electrons. The molecule has 5 rings (SSSR count). The predicted molar refractivity (Wildman–Crippen MR) is 114 cm³/mol. The molecular weight excluding hydrogens is 416 g/mol. The topological polar surface area (TPSA) is 70.6 Å². The van der Waals surface area contributed by atoms with Gasteiger partial charge in [-0.2, -0.15) is 0 Å². The lowest BCUT2D eigenvalue weighted by Crippen LogP contribution is -2.45. The molecule has 3 aliphatic rings. The van der Waals surface area contributed by atoms with Gasteiger partial charge in [0, 0.05) is 44.1 Å². The maximum Gasteiger partial charge on any atom is 0.320 e. The number of hydrogen-bond donors (Lipinski definition) is 1. The first kappa shape index (κ1) is 21.1. The van der Waals surface area contributed by atoms with Crippen molar-refractivity contribution in [3.8, 4) is 0 Å². The summed E-state index contributed by atoms with van der Waals surface area (Å²) in [7, 11) is 0. The number of ether oxygens (including phenoxy) is 1. The molecule has 1 aromatic carbocycles. The molecule has 0 aliphatic carbocycles. The number of carbonyl (C=O) groups is 1. The zero-order chi connectivity index (χ0) is 22.1. The molecule has 0 unspecified atom stereocenters. The Morgan fingerprint density at radius 3 is 2.84 bits per heavy atom. The summed E-state index contributed by atoms with van der Waals surface area (Å²) in [5.74, 6) is -0.392. The summed E-state index contributed by atoms with van der Waals surface area (Å²) in [5.41, 5.74) is 2.13. The minimum Gasteiger partial charge on any atom is -0.381 e. The molecule has 1 aromatic heterocycles. The zero-order valence-corrected chi connectivity index (χ0v) is 17.9. The highest BCUT2D eigenvalue weighted by Crippen LogP contribution is 2.35. The van der Waals surface area contributed by atoms with Crippen LogP contribution in [0.1, 0.15) is 48.5 Å². The van der Waals surface area contributed by atoms with E-state index in [1.807, 2.05) is 6.20 Å². The molecule has 2 amide bonds. The van der Waals surface area contributed by atoms with Gasteiger partial charge >= 0.3 is 6.03 Å². The van der Waals surface area contributed by atoms with Crippen LogP contribution in [0.5, 0.6) is 0 Å². The molecule has 0 bridgehead atoms.